The van der Waals surface area contributed by atoms with Crippen LogP contribution in [-0.2, 0) is 22.8 Å². The number of ether oxygens (including phenoxy) is 2. The maximum atomic E-state index is 13.6. The molecule has 1 aliphatic heterocycles. The van der Waals surface area contributed by atoms with Gasteiger partial charge in [-0.3, -0.25) is 4.79 Å². The number of halogens is 5. The van der Waals surface area contributed by atoms with E-state index in [0.717, 1.165) is 17.3 Å². The van der Waals surface area contributed by atoms with E-state index < -0.39 is 29.5 Å². The number of rotatable bonds is 7. The number of oxazole rings is 1. The minimum atomic E-state index is -4.66. The zero-order valence-electron chi connectivity index (χ0n) is 23.5. The van der Waals surface area contributed by atoms with Crippen LogP contribution in [0.5, 0.6) is 11.5 Å². The van der Waals surface area contributed by atoms with Crippen molar-refractivity contribution in [3.05, 3.63) is 102 Å². The van der Waals surface area contributed by atoms with Crippen molar-refractivity contribution in [3.63, 3.8) is 0 Å². The topological polar surface area (TPSA) is 105 Å². The number of hydrogen-bond donors (Lipinski definition) is 1. The number of nitrogens with two attached hydrogens (primary N) is 1. The number of nitrogens with zero attached hydrogens (tertiary/aromatic N) is 3. The van der Waals surface area contributed by atoms with Crippen molar-refractivity contribution >= 4 is 5.91 Å². The molecule has 2 N–H and O–H groups in total. The van der Waals surface area contributed by atoms with Crippen molar-refractivity contribution in [1.29, 1.82) is 0 Å². The first-order chi connectivity index (χ1) is 21.3. The van der Waals surface area contributed by atoms with Crippen LogP contribution in [0, 0.1) is 6.92 Å². The van der Waals surface area contributed by atoms with E-state index in [2.05, 4.69) is 19.4 Å². The third-order valence-electron chi connectivity index (χ3n) is 8.13. The van der Waals surface area contributed by atoms with Gasteiger partial charge in [0.05, 0.1) is 11.1 Å². The number of imidazole rings is 1. The van der Waals surface area contributed by atoms with Crippen LogP contribution in [0.2, 0.25) is 0 Å². The van der Waals surface area contributed by atoms with Crippen LogP contribution in [0.1, 0.15) is 41.2 Å². The fraction of sp³-hybridized carbons (Fsp3) is 0.219. The van der Waals surface area contributed by atoms with Crippen molar-refractivity contribution in [1.82, 2.24) is 14.5 Å². The molecule has 8 nitrogen and oxygen atoms in total. The molecule has 2 aliphatic rings. The molecule has 3 heterocycles. The van der Waals surface area contributed by atoms with E-state index in [9.17, 15) is 26.7 Å². The van der Waals surface area contributed by atoms with Crippen molar-refractivity contribution in [2.75, 3.05) is 0 Å². The Morgan fingerprint density at radius 1 is 1.00 bits per heavy atom. The first-order valence-corrected chi connectivity index (χ1v) is 13.8. The highest BCUT2D eigenvalue weighted by atomic mass is 19.4. The van der Waals surface area contributed by atoms with E-state index in [1.54, 1.807) is 24.3 Å². The Labute approximate surface area is 252 Å². The molecule has 2 aromatic heterocycles. The monoisotopic (exact) mass is 622 g/mol. The molecular formula is C32H23F5N4O4. The zero-order valence-corrected chi connectivity index (χ0v) is 23.5. The first-order valence-electron chi connectivity index (χ1n) is 13.8. The molecule has 1 saturated carbocycles. The lowest BCUT2D eigenvalue weighted by Crippen LogP contribution is -2.28. The van der Waals surface area contributed by atoms with Gasteiger partial charge in [-0.05, 0) is 66.3 Å². The Balaban J connectivity index is 1.33. The molecule has 0 bridgehead atoms. The molecule has 0 saturated heterocycles. The summed E-state index contributed by atoms with van der Waals surface area (Å²) in [7, 11) is 0. The standard InChI is InChI=1S/C32H23F5N4O4/c1-17-40-27(31(33,34)35)15-41(17)23-7-6-20(19-3-2-4-21(13-19)30(9-10-30)29(38)42)14-22(23)28-26(43-16-39-28)12-18-5-8-24-25(11-18)45-32(36,37)44-24/h2-8,11,13-16H,9-10,12H2,1H3,(H2,38,42). The predicted molar refractivity (Wildman–Crippen MR) is 150 cm³/mol. The lowest BCUT2D eigenvalue weighted by molar-refractivity contribution is -0.286. The van der Waals surface area contributed by atoms with Crippen LogP contribution in [0.15, 0.2) is 77.7 Å². The Morgan fingerprint density at radius 3 is 2.47 bits per heavy atom. The van der Waals surface area contributed by atoms with Gasteiger partial charge in [0.25, 0.3) is 0 Å². The summed E-state index contributed by atoms with van der Waals surface area (Å²) in [6.45, 7) is 1.46. The number of carbonyl (C=O) groups excluding carboxylic acids is 1. The third-order valence-corrected chi connectivity index (χ3v) is 8.13. The average Bonchev–Trinajstić information content (AvgIpc) is 3.36. The third kappa shape index (κ3) is 5.07. The van der Waals surface area contributed by atoms with Gasteiger partial charge in [-0.15, -0.1) is 8.78 Å². The molecule has 0 radical (unpaired) electrons. The van der Waals surface area contributed by atoms with Gasteiger partial charge in [-0.25, -0.2) is 9.97 Å². The van der Waals surface area contributed by atoms with Gasteiger partial charge in [0.15, 0.2) is 23.6 Å². The molecule has 45 heavy (non-hydrogen) atoms. The summed E-state index contributed by atoms with van der Waals surface area (Å²) in [5.41, 5.74) is 7.82. The Morgan fingerprint density at radius 2 is 1.76 bits per heavy atom. The van der Waals surface area contributed by atoms with Crippen LogP contribution >= 0.6 is 0 Å². The lowest BCUT2D eigenvalue weighted by Gasteiger charge is -2.16. The number of hydrogen-bond acceptors (Lipinski definition) is 6. The highest BCUT2D eigenvalue weighted by molar-refractivity contribution is 5.90. The number of amides is 1. The second-order valence-electron chi connectivity index (χ2n) is 11.0. The lowest BCUT2D eigenvalue weighted by atomic mass is 9.91. The number of carbonyl (C=O) groups is 1. The minimum absolute atomic E-state index is 0.0918. The van der Waals surface area contributed by atoms with E-state index in [-0.39, 0.29) is 23.7 Å². The van der Waals surface area contributed by atoms with Crippen LogP contribution < -0.4 is 15.2 Å². The van der Waals surface area contributed by atoms with Crippen molar-refractivity contribution in [2.24, 2.45) is 5.73 Å². The number of alkyl halides is 5. The molecule has 230 valence electrons. The molecule has 0 unspecified atom stereocenters. The summed E-state index contributed by atoms with van der Waals surface area (Å²) < 4.78 is 84.1. The fourth-order valence-electron chi connectivity index (χ4n) is 5.67. The van der Waals surface area contributed by atoms with Crippen LogP contribution in [0.3, 0.4) is 0 Å². The van der Waals surface area contributed by atoms with Crippen LogP contribution in [0.25, 0.3) is 28.1 Å². The Kier molecular flexibility index (Phi) is 6.29. The normalized spacial score (nSPS) is 16.1. The highest BCUT2D eigenvalue weighted by Gasteiger charge is 2.50. The van der Waals surface area contributed by atoms with Gasteiger partial charge >= 0.3 is 12.5 Å². The molecule has 1 aliphatic carbocycles. The molecule has 13 heteroatoms. The van der Waals surface area contributed by atoms with E-state index in [1.807, 2.05) is 24.3 Å². The first kappa shape index (κ1) is 28.6. The summed E-state index contributed by atoms with van der Waals surface area (Å²) in [6.07, 6.45) is -4.93. The van der Waals surface area contributed by atoms with Crippen molar-refractivity contribution in [2.45, 2.75) is 44.1 Å². The maximum Gasteiger partial charge on any atom is 0.586 e. The van der Waals surface area contributed by atoms with E-state index >= 15 is 0 Å². The second-order valence-corrected chi connectivity index (χ2v) is 11.0. The number of aromatic nitrogens is 3. The summed E-state index contributed by atoms with van der Waals surface area (Å²) in [5.74, 6) is -0.228. The number of primary amides is 1. The molecule has 5 aromatic rings. The number of aryl methyl sites for hydroxylation is 1. The molecule has 0 spiro atoms. The second kappa shape index (κ2) is 9.91. The predicted octanol–water partition coefficient (Wildman–Crippen LogP) is 6.95. The Bertz CT molecular complexity index is 1980. The summed E-state index contributed by atoms with van der Waals surface area (Å²) in [5, 5.41) is 0. The van der Waals surface area contributed by atoms with Crippen molar-refractivity contribution in [3.8, 4) is 39.6 Å². The average molecular weight is 623 g/mol. The van der Waals surface area contributed by atoms with Crippen molar-refractivity contribution < 1.29 is 40.6 Å². The molecule has 3 aromatic carbocycles. The smallest absolute Gasteiger partial charge is 0.447 e. The SMILES string of the molecule is Cc1nc(C(F)(F)F)cn1-c1ccc(-c2cccc(C3(C(N)=O)CC3)c2)cc1-c1ncoc1Cc1ccc2c(c1)OC(F)(F)O2. The number of fused-ring (bicyclic) bond motifs is 1. The molecule has 1 fully saturated rings. The van der Waals surface area contributed by atoms with Gasteiger partial charge in [0.2, 0.25) is 5.91 Å². The van der Waals surface area contributed by atoms with Gasteiger partial charge in [0, 0.05) is 18.2 Å². The molecular weight excluding hydrogens is 599 g/mol. The fourth-order valence-corrected chi connectivity index (χ4v) is 5.67. The van der Waals surface area contributed by atoms with Crippen LogP contribution in [0.4, 0.5) is 22.0 Å². The largest absolute Gasteiger partial charge is 0.586 e. The molecule has 0 atom stereocenters. The highest BCUT2D eigenvalue weighted by Crippen LogP contribution is 2.49. The van der Waals surface area contributed by atoms with Gasteiger partial charge < -0.3 is 24.2 Å². The Hall–Kier alpha value is -5.20. The van der Waals surface area contributed by atoms with E-state index in [4.69, 9.17) is 10.2 Å². The summed E-state index contributed by atoms with van der Waals surface area (Å²) in [4.78, 5) is 20.3. The van der Waals surface area contributed by atoms with Gasteiger partial charge in [-0.1, -0.05) is 36.4 Å². The van der Waals surface area contributed by atoms with Crippen LogP contribution in [-0.4, -0.2) is 26.7 Å². The van der Waals surface area contributed by atoms with E-state index in [0.29, 0.717) is 46.7 Å². The minimum Gasteiger partial charge on any atom is -0.447 e. The van der Waals surface area contributed by atoms with E-state index in [1.165, 1.54) is 30.0 Å². The van der Waals surface area contributed by atoms with Gasteiger partial charge in [0.1, 0.15) is 17.3 Å². The summed E-state index contributed by atoms with van der Waals surface area (Å²) in [6, 6.07) is 16.9. The zero-order chi connectivity index (χ0) is 31.7. The molecule has 1 amide bonds. The quantitative estimate of drug-likeness (QED) is 0.197. The summed E-state index contributed by atoms with van der Waals surface area (Å²) >= 11 is 0. The maximum absolute atomic E-state index is 13.6. The molecule has 7 rings (SSSR count). The van der Waals surface area contributed by atoms with Gasteiger partial charge in [-0.2, -0.15) is 13.2 Å². The number of benzene rings is 3.